The van der Waals surface area contributed by atoms with Crippen molar-refractivity contribution in [2.75, 3.05) is 6.61 Å². The molecule has 3 rings (SSSR count). The molecule has 2 nitrogen and oxygen atoms in total. The number of aliphatic hydroxyl groups excluding tert-OH is 2. The van der Waals surface area contributed by atoms with Gasteiger partial charge in [0.2, 0.25) is 0 Å². The molecule has 0 radical (unpaired) electrons. The maximum Gasteiger partial charge on any atom is 0.0759 e. The molecule has 2 fully saturated rings. The Morgan fingerprint density at radius 1 is 1.32 bits per heavy atom. The van der Waals surface area contributed by atoms with E-state index in [1.165, 1.54) is 12.0 Å². The number of aliphatic hydroxyl groups is 2. The van der Waals surface area contributed by atoms with Crippen molar-refractivity contribution >= 4 is 0 Å². The van der Waals surface area contributed by atoms with Crippen LogP contribution in [0.15, 0.2) is 36.5 Å². The van der Waals surface area contributed by atoms with Gasteiger partial charge in [-0.15, -0.1) is 6.58 Å². The van der Waals surface area contributed by atoms with Crippen LogP contribution in [0.2, 0.25) is 0 Å². The lowest BCUT2D eigenvalue weighted by atomic mass is 9.46. The maximum atomic E-state index is 10.8. The summed E-state index contributed by atoms with van der Waals surface area (Å²) in [4.78, 5) is 0. The molecule has 2 N–H and O–H groups in total. The number of fused-ring (bicyclic) bond motifs is 3. The highest BCUT2D eigenvalue weighted by Gasteiger charge is 2.56. The Morgan fingerprint density at radius 2 is 2.05 bits per heavy atom. The van der Waals surface area contributed by atoms with Crippen LogP contribution in [0, 0.1) is 28.1 Å². The van der Waals surface area contributed by atoms with E-state index in [2.05, 4.69) is 45.6 Å². The van der Waals surface area contributed by atoms with Crippen LogP contribution in [0.25, 0.3) is 0 Å². The van der Waals surface area contributed by atoms with Crippen LogP contribution in [-0.4, -0.2) is 22.9 Å². The summed E-state index contributed by atoms with van der Waals surface area (Å²) >= 11 is 0. The van der Waals surface area contributed by atoms with Gasteiger partial charge in [0.05, 0.1) is 6.10 Å². The molecule has 0 amide bonds. The molecule has 0 spiro atoms. The highest BCUT2D eigenvalue weighted by atomic mass is 16.3. The minimum Gasteiger partial charge on any atom is -0.396 e. The summed E-state index contributed by atoms with van der Waals surface area (Å²) in [5.74, 6) is 0.661. The summed E-state index contributed by atoms with van der Waals surface area (Å²) < 4.78 is 0. The van der Waals surface area contributed by atoms with Crippen molar-refractivity contribution in [3.63, 3.8) is 0 Å². The standard InChI is InChI=1S/C20H30O2/c1-5-18(2)10-7-15-14(12-18)16(22)11-17-19(3,13-21)8-6-9-20(15,17)4/h5,7,10,12,15-17,21-22H,1,6,8-9,11,13H2,2-4H3. The predicted octanol–water partition coefficient (Wildman–Crippen LogP) is 3.86. The smallest absolute Gasteiger partial charge is 0.0759 e. The zero-order valence-electron chi connectivity index (χ0n) is 14.2. The summed E-state index contributed by atoms with van der Waals surface area (Å²) in [6, 6.07) is 0. The van der Waals surface area contributed by atoms with Crippen molar-refractivity contribution in [1.82, 2.24) is 0 Å². The minimum atomic E-state index is -0.392. The minimum absolute atomic E-state index is 0.0630. The molecule has 0 saturated heterocycles. The fourth-order valence-corrected chi connectivity index (χ4v) is 5.43. The van der Waals surface area contributed by atoms with E-state index >= 15 is 0 Å². The summed E-state index contributed by atoms with van der Waals surface area (Å²) in [5, 5.41) is 20.8. The average Bonchev–Trinajstić information content (AvgIpc) is 2.50. The zero-order chi connectivity index (χ0) is 16.2. The van der Waals surface area contributed by atoms with Gasteiger partial charge in [0.25, 0.3) is 0 Å². The largest absolute Gasteiger partial charge is 0.396 e. The van der Waals surface area contributed by atoms with Gasteiger partial charge in [-0.2, -0.15) is 0 Å². The first kappa shape index (κ1) is 16.0. The Balaban J connectivity index is 2.04. The predicted molar refractivity (Wildman–Crippen MR) is 90.3 cm³/mol. The van der Waals surface area contributed by atoms with Crippen LogP contribution < -0.4 is 0 Å². The highest BCUT2D eigenvalue weighted by Crippen LogP contribution is 2.62. The lowest BCUT2D eigenvalue weighted by Crippen LogP contribution is -2.55. The van der Waals surface area contributed by atoms with Gasteiger partial charge in [0, 0.05) is 17.9 Å². The molecule has 0 heterocycles. The number of hydrogen-bond acceptors (Lipinski definition) is 2. The van der Waals surface area contributed by atoms with Crippen LogP contribution in [0.4, 0.5) is 0 Å². The van der Waals surface area contributed by atoms with Gasteiger partial charge >= 0.3 is 0 Å². The molecule has 0 aliphatic heterocycles. The van der Waals surface area contributed by atoms with E-state index in [0.717, 1.165) is 19.3 Å². The fraction of sp³-hybridized carbons (Fsp3) is 0.700. The van der Waals surface area contributed by atoms with Crippen molar-refractivity contribution in [2.45, 2.75) is 52.6 Å². The van der Waals surface area contributed by atoms with Gasteiger partial charge in [-0.25, -0.2) is 0 Å². The Kier molecular flexibility index (Phi) is 3.69. The molecule has 2 heteroatoms. The first-order chi connectivity index (χ1) is 10.3. The molecule has 0 aromatic rings. The normalized spacial score (nSPS) is 50.8. The first-order valence-electron chi connectivity index (χ1n) is 8.62. The van der Waals surface area contributed by atoms with E-state index in [1.54, 1.807) is 0 Å². The van der Waals surface area contributed by atoms with E-state index in [0.29, 0.717) is 11.8 Å². The summed E-state index contributed by atoms with van der Waals surface area (Å²) in [6.07, 6.45) is 12.5. The quantitative estimate of drug-likeness (QED) is 0.760. The molecule has 22 heavy (non-hydrogen) atoms. The van der Waals surface area contributed by atoms with Crippen LogP contribution in [0.3, 0.4) is 0 Å². The molecule has 3 aliphatic carbocycles. The Labute approximate surface area is 134 Å². The molecule has 122 valence electrons. The van der Waals surface area contributed by atoms with Gasteiger partial charge in [0.15, 0.2) is 0 Å². The molecule has 0 aromatic heterocycles. The van der Waals surface area contributed by atoms with Crippen molar-refractivity contribution in [1.29, 1.82) is 0 Å². The second kappa shape index (κ2) is 5.07. The number of allylic oxidation sites excluding steroid dienone is 4. The summed E-state index contributed by atoms with van der Waals surface area (Å²) in [6.45, 7) is 10.9. The molecule has 6 atom stereocenters. The summed E-state index contributed by atoms with van der Waals surface area (Å²) in [7, 11) is 0. The van der Waals surface area contributed by atoms with Crippen molar-refractivity contribution in [3.05, 3.63) is 36.5 Å². The Bertz CT molecular complexity index is 534. The second-order valence-electron chi connectivity index (χ2n) is 8.53. The Morgan fingerprint density at radius 3 is 2.68 bits per heavy atom. The maximum absolute atomic E-state index is 10.8. The van der Waals surface area contributed by atoms with Gasteiger partial charge in [-0.1, -0.05) is 44.6 Å². The molecule has 3 aliphatic rings. The molecular formula is C20H30O2. The third-order valence-electron chi connectivity index (χ3n) is 6.94. The van der Waals surface area contributed by atoms with Gasteiger partial charge < -0.3 is 10.2 Å². The summed E-state index contributed by atoms with van der Waals surface area (Å²) in [5.41, 5.74) is 1.10. The van der Waals surface area contributed by atoms with Crippen LogP contribution >= 0.6 is 0 Å². The van der Waals surface area contributed by atoms with Gasteiger partial charge in [-0.05, 0) is 48.5 Å². The van der Waals surface area contributed by atoms with Crippen molar-refractivity contribution in [3.8, 4) is 0 Å². The SMILES string of the molecule is C=CC1(C)C=CC2C(=C1)C(O)CC1C(C)(CO)CCCC21C. The second-order valence-corrected chi connectivity index (χ2v) is 8.53. The Hall–Kier alpha value is -0.860. The lowest BCUT2D eigenvalue weighted by Gasteiger charge is -2.59. The fourth-order valence-electron chi connectivity index (χ4n) is 5.43. The molecular weight excluding hydrogens is 272 g/mol. The van der Waals surface area contributed by atoms with E-state index in [1.807, 2.05) is 6.08 Å². The number of rotatable bonds is 2. The zero-order valence-corrected chi connectivity index (χ0v) is 14.2. The monoisotopic (exact) mass is 302 g/mol. The molecule has 0 bridgehead atoms. The van der Waals surface area contributed by atoms with Crippen molar-refractivity contribution in [2.24, 2.45) is 28.1 Å². The van der Waals surface area contributed by atoms with Gasteiger partial charge in [-0.3, -0.25) is 0 Å². The van der Waals surface area contributed by atoms with Gasteiger partial charge in [0.1, 0.15) is 0 Å². The van der Waals surface area contributed by atoms with E-state index in [4.69, 9.17) is 0 Å². The van der Waals surface area contributed by atoms with Crippen LogP contribution in [0.5, 0.6) is 0 Å². The van der Waals surface area contributed by atoms with E-state index in [-0.39, 0.29) is 22.9 Å². The highest BCUT2D eigenvalue weighted by molar-refractivity contribution is 5.37. The van der Waals surface area contributed by atoms with Crippen LogP contribution in [0.1, 0.15) is 46.5 Å². The number of hydrogen-bond donors (Lipinski definition) is 2. The van der Waals surface area contributed by atoms with Crippen LogP contribution in [-0.2, 0) is 0 Å². The third kappa shape index (κ3) is 2.15. The molecule has 2 saturated carbocycles. The van der Waals surface area contributed by atoms with E-state index in [9.17, 15) is 10.2 Å². The van der Waals surface area contributed by atoms with E-state index < -0.39 is 6.10 Å². The molecule has 0 aromatic carbocycles. The lowest BCUT2D eigenvalue weighted by molar-refractivity contribution is -0.0987. The van der Waals surface area contributed by atoms with Crippen molar-refractivity contribution < 1.29 is 10.2 Å². The first-order valence-corrected chi connectivity index (χ1v) is 8.62. The molecule has 6 unspecified atom stereocenters. The topological polar surface area (TPSA) is 40.5 Å². The average molecular weight is 302 g/mol. The third-order valence-corrected chi connectivity index (χ3v) is 6.94.